The van der Waals surface area contributed by atoms with Crippen LogP contribution in [0.1, 0.15) is 31.9 Å². The molecule has 0 amide bonds. The second kappa shape index (κ2) is 9.84. The van der Waals surface area contributed by atoms with Gasteiger partial charge in [-0.05, 0) is 24.1 Å². The van der Waals surface area contributed by atoms with Crippen LogP contribution in [0.2, 0.25) is 0 Å². The van der Waals surface area contributed by atoms with Gasteiger partial charge in [0.2, 0.25) is 5.95 Å². The summed E-state index contributed by atoms with van der Waals surface area (Å²) in [5.74, 6) is 1.08. The molecule has 0 saturated carbocycles. The first kappa shape index (κ1) is 20.5. The van der Waals surface area contributed by atoms with E-state index in [-0.39, 0.29) is 25.2 Å². The van der Waals surface area contributed by atoms with Crippen LogP contribution in [0.25, 0.3) is 10.8 Å². The van der Waals surface area contributed by atoms with Crippen LogP contribution < -0.4 is 15.4 Å². The second-order valence-corrected chi connectivity index (χ2v) is 6.75. The lowest BCUT2D eigenvalue weighted by molar-refractivity contribution is 0.254. The fourth-order valence-electron chi connectivity index (χ4n) is 3.27. The number of aromatic nitrogens is 3. The molecule has 7 heteroatoms. The van der Waals surface area contributed by atoms with Crippen molar-refractivity contribution in [3.63, 3.8) is 0 Å². The van der Waals surface area contributed by atoms with E-state index < -0.39 is 0 Å². The second-order valence-electron chi connectivity index (χ2n) is 6.75. The average Bonchev–Trinajstić information content (AvgIpc) is 2.76. The van der Waals surface area contributed by atoms with Crippen LogP contribution in [-0.4, -0.2) is 32.7 Å². The maximum atomic E-state index is 9.89. The van der Waals surface area contributed by atoms with Gasteiger partial charge in [-0.15, -0.1) is 0 Å². The number of unbranched alkanes of at least 4 members (excludes halogenated alkanes) is 1. The van der Waals surface area contributed by atoms with Crippen LogP contribution in [0.3, 0.4) is 0 Å². The van der Waals surface area contributed by atoms with E-state index >= 15 is 0 Å². The summed E-state index contributed by atoms with van der Waals surface area (Å²) < 4.78 is 6.05. The molecule has 3 aromatic rings. The van der Waals surface area contributed by atoms with Crippen molar-refractivity contribution in [2.24, 2.45) is 0 Å². The van der Waals surface area contributed by atoms with E-state index in [1.165, 1.54) is 0 Å². The third kappa shape index (κ3) is 4.81. The number of anilines is 2. The smallest absolute Gasteiger partial charge is 0.222 e. The molecule has 0 fully saturated rings. The van der Waals surface area contributed by atoms with Gasteiger partial charge >= 0.3 is 0 Å². The maximum absolute atomic E-state index is 9.89. The molecule has 1 aromatic carbocycles. The molecule has 0 aliphatic heterocycles. The van der Waals surface area contributed by atoms with Gasteiger partial charge in [0.1, 0.15) is 6.61 Å². The van der Waals surface area contributed by atoms with E-state index in [4.69, 9.17) is 10.5 Å². The monoisotopic (exact) mass is 393 g/mol. The van der Waals surface area contributed by atoms with Crippen molar-refractivity contribution >= 4 is 22.5 Å². The summed E-state index contributed by atoms with van der Waals surface area (Å²) in [6.07, 6.45) is 7.77. The van der Waals surface area contributed by atoms with Crippen molar-refractivity contribution in [1.29, 1.82) is 0 Å². The largest absolute Gasteiger partial charge is 0.482 e. The Morgan fingerprint density at radius 1 is 1.28 bits per heavy atom. The molecule has 0 spiro atoms. The minimum atomic E-state index is -0.167. The number of ether oxygens (including phenoxy) is 1. The van der Waals surface area contributed by atoms with E-state index in [9.17, 15) is 5.11 Å². The number of nitrogens with zero attached hydrogens (tertiary/aromatic N) is 4. The highest BCUT2D eigenvalue weighted by molar-refractivity contribution is 5.84. The molecule has 0 aliphatic rings. The molecule has 0 aliphatic carbocycles. The lowest BCUT2D eigenvalue weighted by Gasteiger charge is -2.29. The highest BCUT2D eigenvalue weighted by Gasteiger charge is 2.21. The minimum Gasteiger partial charge on any atom is -0.482 e. The molecular formula is C22H27N5O2. The number of fused-ring (bicyclic) bond motifs is 1. The van der Waals surface area contributed by atoms with Crippen LogP contribution in [0.5, 0.6) is 5.75 Å². The summed E-state index contributed by atoms with van der Waals surface area (Å²) in [7, 11) is 0. The molecule has 152 valence electrons. The number of aliphatic hydroxyl groups is 1. The van der Waals surface area contributed by atoms with Gasteiger partial charge < -0.3 is 20.5 Å². The van der Waals surface area contributed by atoms with Crippen LogP contribution in [-0.2, 0) is 6.61 Å². The molecule has 0 bridgehead atoms. The van der Waals surface area contributed by atoms with Crippen LogP contribution >= 0.6 is 0 Å². The van der Waals surface area contributed by atoms with Crippen molar-refractivity contribution in [1.82, 2.24) is 15.0 Å². The molecule has 3 rings (SSSR count). The Morgan fingerprint density at radius 2 is 2.10 bits per heavy atom. The van der Waals surface area contributed by atoms with Gasteiger partial charge in [-0.1, -0.05) is 50.6 Å². The highest BCUT2D eigenvalue weighted by Crippen LogP contribution is 2.30. The van der Waals surface area contributed by atoms with Gasteiger partial charge in [-0.2, -0.15) is 4.98 Å². The predicted octanol–water partition coefficient (Wildman–Crippen LogP) is 3.69. The van der Waals surface area contributed by atoms with Crippen molar-refractivity contribution < 1.29 is 9.84 Å². The quantitative estimate of drug-likeness (QED) is 0.542. The van der Waals surface area contributed by atoms with Crippen molar-refractivity contribution in [2.75, 3.05) is 17.2 Å². The molecule has 0 saturated heterocycles. The Bertz CT molecular complexity index is 958. The number of nitrogens with two attached hydrogens (primary N) is 1. The lowest BCUT2D eigenvalue weighted by Crippen LogP contribution is -2.34. The Hall–Kier alpha value is -3.19. The number of aliphatic hydroxyl groups excluding tert-OH is 1. The van der Waals surface area contributed by atoms with Gasteiger partial charge in [-0.25, -0.2) is 4.98 Å². The van der Waals surface area contributed by atoms with Gasteiger partial charge in [0, 0.05) is 11.6 Å². The van der Waals surface area contributed by atoms with Crippen LogP contribution in [0.15, 0.2) is 55.5 Å². The molecular weight excluding hydrogens is 366 g/mol. The molecule has 1 atom stereocenters. The molecule has 2 aromatic heterocycles. The number of hydrogen-bond donors (Lipinski definition) is 2. The van der Waals surface area contributed by atoms with Crippen molar-refractivity contribution in [3.8, 4) is 5.75 Å². The normalized spacial score (nSPS) is 11.9. The summed E-state index contributed by atoms with van der Waals surface area (Å²) in [5, 5.41) is 12.0. The zero-order valence-corrected chi connectivity index (χ0v) is 16.7. The molecule has 1 unspecified atom stereocenters. The topological polar surface area (TPSA) is 97.4 Å². The molecule has 7 nitrogen and oxygen atoms in total. The molecule has 29 heavy (non-hydrogen) atoms. The van der Waals surface area contributed by atoms with E-state index in [1.54, 1.807) is 23.5 Å². The Morgan fingerprint density at radius 3 is 2.86 bits per heavy atom. The minimum absolute atomic E-state index is 0.0275. The van der Waals surface area contributed by atoms with Gasteiger partial charge in [-0.3, -0.25) is 4.98 Å². The third-order valence-corrected chi connectivity index (χ3v) is 4.81. The van der Waals surface area contributed by atoms with Gasteiger partial charge in [0.25, 0.3) is 0 Å². The van der Waals surface area contributed by atoms with E-state index in [0.717, 1.165) is 35.7 Å². The Balaban J connectivity index is 1.88. The summed E-state index contributed by atoms with van der Waals surface area (Å²) in [4.78, 5) is 14.7. The van der Waals surface area contributed by atoms with Gasteiger partial charge in [0.15, 0.2) is 11.6 Å². The van der Waals surface area contributed by atoms with Crippen LogP contribution in [0.4, 0.5) is 11.8 Å². The predicted molar refractivity (Wildman–Crippen MR) is 116 cm³/mol. The van der Waals surface area contributed by atoms with E-state index in [0.29, 0.717) is 11.6 Å². The third-order valence-electron chi connectivity index (χ3n) is 4.81. The fraction of sp³-hybridized carbons (Fsp3) is 0.318. The SMILES string of the molecule is C=CN(c1nc(N)ncc1OCc1nccc2ccccc12)C(CO)CCCC. The van der Waals surface area contributed by atoms with Crippen molar-refractivity contribution in [3.05, 3.63) is 61.2 Å². The number of hydrogen-bond acceptors (Lipinski definition) is 7. The number of nitrogen functional groups attached to an aromatic ring is 1. The van der Waals surface area contributed by atoms with Crippen LogP contribution in [0, 0.1) is 0 Å². The first-order valence-electron chi connectivity index (χ1n) is 9.77. The average molecular weight is 393 g/mol. The van der Waals surface area contributed by atoms with E-state index in [2.05, 4.69) is 28.5 Å². The molecule has 0 radical (unpaired) electrons. The van der Waals surface area contributed by atoms with Crippen molar-refractivity contribution in [2.45, 2.75) is 38.8 Å². The zero-order chi connectivity index (χ0) is 20.6. The Kier molecular flexibility index (Phi) is 6.97. The first-order chi connectivity index (χ1) is 14.2. The Labute approximate surface area is 170 Å². The number of rotatable bonds is 10. The summed E-state index contributed by atoms with van der Waals surface area (Å²) >= 11 is 0. The summed E-state index contributed by atoms with van der Waals surface area (Å²) in [6.45, 7) is 6.23. The van der Waals surface area contributed by atoms with E-state index in [1.807, 2.05) is 30.3 Å². The van der Waals surface area contributed by atoms with Gasteiger partial charge in [0.05, 0.1) is 24.5 Å². The summed E-state index contributed by atoms with van der Waals surface area (Å²) in [6, 6.07) is 9.83. The molecule has 2 heterocycles. The standard InChI is InChI=1S/C22H27N5O2/c1-3-5-9-17(14-28)27(4-2)21-20(13-25-22(23)26-21)29-15-19-18-10-7-6-8-16(18)11-12-24-19/h4,6-8,10-13,17,28H,2-3,5,9,14-15H2,1H3,(H2,23,25,26). The zero-order valence-electron chi connectivity index (χ0n) is 16.7. The fourth-order valence-corrected chi connectivity index (χ4v) is 3.27. The molecule has 3 N–H and O–H groups in total. The summed E-state index contributed by atoms with van der Waals surface area (Å²) in [5.41, 5.74) is 6.65. The lowest BCUT2D eigenvalue weighted by atomic mass is 10.1. The number of benzene rings is 1. The number of pyridine rings is 1. The first-order valence-corrected chi connectivity index (χ1v) is 9.77. The highest BCUT2D eigenvalue weighted by atomic mass is 16.5. The maximum Gasteiger partial charge on any atom is 0.222 e.